The van der Waals surface area contributed by atoms with Gasteiger partial charge in [-0.3, -0.25) is 9.89 Å². The van der Waals surface area contributed by atoms with E-state index in [0.717, 1.165) is 11.4 Å². The molecule has 2 N–H and O–H groups in total. The number of thioether (sulfide) groups is 1. The summed E-state index contributed by atoms with van der Waals surface area (Å²) in [7, 11) is 0. The van der Waals surface area contributed by atoms with Crippen LogP contribution in [0.15, 0.2) is 35.5 Å². The van der Waals surface area contributed by atoms with Gasteiger partial charge in [0.25, 0.3) is 0 Å². The van der Waals surface area contributed by atoms with Crippen LogP contribution in [0.5, 0.6) is 0 Å². The van der Waals surface area contributed by atoms with E-state index in [1.807, 2.05) is 18.2 Å². The molecule has 1 unspecified atom stereocenters. The van der Waals surface area contributed by atoms with Crippen LogP contribution in [0.1, 0.15) is 50.0 Å². The molecule has 3 rings (SSSR count). The van der Waals surface area contributed by atoms with E-state index < -0.39 is 0 Å². The number of nitrogens with zero attached hydrogens (tertiary/aromatic N) is 2. The van der Waals surface area contributed by atoms with Crippen molar-refractivity contribution in [1.82, 2.24) is 20.5 Å². The highest BCUT2D eigenvalue weighted by molar-refractivity contribution is 7.99. The van der Waals surface area contributed by atoms with Crippen LogP contribution in [0.2, 0.25) is 0 Å². The van der Waals surface area contributed by atoms with Crippen LogP contribution in [-0.4, -0.2) is 26.8 Å². The molecule has 2 aromatic rings. The molecule has 1 aromatic carbocycles. The monoisotopic (exact) mass is 330 g/mol. The first kappa shape index (κ1) is 16.1. The maximum Gasteiger partial charge on any atom is 0.230 e. The van der Waals surface area contributed by atoms with E-state index in [1.54, 1.807) is 0 Å². The molecule has 1 aromatic heterocycles. The molecule has 0 radical (unpaired) electrons. The number of aromatic amines is 1. The number of nitrogens with one attached hydrogen (secondary N) is 2. The number of benzene rings is 1. The Kier molecular flexibility index (Phi) is 5.00. The maximum atomic E-state index is 12.3. The molecule has 0 saturated heterocycles. The molecular weight excluding hydrogens is 308 g/mol. The third kappa shape index (κ3) is 4.34. The van der Waals surface area contributed by atoms with Crippen LogP contribution >= 0.6 is 11.8 Å². The molecule has 122 valence electrons. The van der Waals surface area contributed by atoms with Crippen molar-refractivity contribution in [2.24, 2.45) is 5.92 Å². The maximum absolute atomic E-state index is 12.3. The van der Waals surface area contributed by atoms with Gasteiger partial charge < -0.3 is 5.32 Å². The average Bonchev–Trinajstić information content (AvgIpc) is 3.30. The van der Waals surface area contributed by atoms with Crippen molar-refractivity contribution in [2.75, 3.05) is 5.75 Å². The van der Waals surface area contributed by atoms with E-state index in [9.17, 15) is 4.79 Å². The fourth-order valence-electron chi connectivity index (χ4n) is 2.50. The van der Waals surface area contributed by atoms with Crippen molar-refractivity contribution in [2.45, 2.75) is 43.8 Å². The Hall–Kier alpha value is -1.82. The minimum Gasteiger partial charge on any atom is -0.348 e. The van der Waals surface area contributed by atoms with Gasteiger partial charge in [0.05, 0.1) is 11.8 Å². The van der Waals surface area contributed by atoms with Crippen molar-refractivity contribution in [1.29, 1.82) is 0 Å². The van der Waals surface area contributed by atoms with Crippen LogP contribution in [0.25, 0.3) is 0 Å². The van der Waals surface area contributed by atoms with Gasteiger partial charge >= 0.3 is 0 Å². The molecular formula is C17H22N4OS. The summed E-state index contributed by atoms with van der Waals surface area (Å²) in [4.78, 5) is 16.7. The SMILES string of the molecule is CC(C)C(NC(=O)CSc1n[nH]c(C2CC2)n1)c1ccccc1. The van der Waals surface area contributed by atoms with Crippen LogP contribution in [-0.2, 0) is 4.79 Å². The van der Waals surface area contributed by atoms with Gasteiger partial charge in [-0.15, -0.1) is 5.10 Å². The van der Waals surface area contributed by atoms with Gasteiger partial charge in [0.2, 0.25) is 11.1 Å². The van der Waals surface area contributed by atoms with E-state index in [1.165, 1.54) is 24.6 Å². The number of H-pyrrole nitrogens is 1. The third-order valence-electron chi connectivity index (χ3n) is 3.92. The Bertz CT molecular complexity index is 652. The molecule has 1 atom stereocenters. The molecule has 1 aliphatic rings. The molecule has 6 heteroatoms. The van der Waals surface area contributed by atoms with Gasteiger partial charge in [-0.1, -0.05) is 55.9 Å². The Morgan fingerprint density at radius 2 is 2.09 bits per heavy atom. The molecule has 1 heterocycles. The lowest BCUT2D eigenvalue weighted by atomic mass is 9.96. The van der Waals surface area contributed by atoms with Gasteiger partial charge in [0, 0.05) is 5.92 Å². The molecule has 0 aliphatic heterocycles. The predicted molar refractivity (Wildman–Crippen MR) is 91.2 cm³/mol. The summed E-state index contributed by atoms with van der Waals surface area (Å²) in [6.45, 7) is 4.23. The highest BCUT2D eigenvalue weighted by Gasteiger charge is 2.27. The Labute approximate surface area is 140 Å². The number of carbonyl (C=O) groups is 1. The van der Waals surface area contributed by atoms with Crippen LogP contribution in [0.4, 0.5) is 0 Å². The van der Waals surface area contributed by atoms with Crippen molar-refractivity contribution in [3.05, 3.63) is 41.7 Å². The van der Waals surface area contributed by atoms with E-state index >= 15 is 0 Å². The standard InChI is InChI=1S/C17H22N4OS/c1-11(2)15(12-6-4-3-5-7-12)18-14(22)10-23-17-19-16(20-21-17)13-8-9-13/h3-7,11,13,15H,8-10H2,1-2H3,(H,18,22)(H,19,20,21). The van der Waals surface area contributed by atoms with Crippen molar-refractivity contribution in [3.8, 4) is 0 Å². The molecule has 0 spiro atoms. The summed E-state index contributed by atoms with van der Waals surface area (Å²) in [5.74, 6) is 2.18. The molecule has 1 fully saturated rings. The largest absolute Gasteiger partial charge is 0.348 e. The molecule has 23 heavy (non-hydrogen) atoms. The van der Waals surface area contributed by atoms with E-state index in [-0.39, 0.29) is 11.9 Å². The zero-order chi connectivity index (χ0) is 16.2. The van der Waals surface area contributed by atoms with Crippen molar-refractivity contribution in [3.63, 3.8) is 0 Å². The van der Waals surface area contributed by atoms with Gasteiger partial charge in [-0.25, -0.2) is 4.98 Å². The number of rotatable bonds is 7. The highest BCUT2D eigenvalue weighted by atomic mass is 32.2. The number of aromatic nitrogens is 3. The second-order valence-electron chi connectivity index (χ2n) is 6.27. The lowest BCUT2D eigenvalue weighted by molar-refractivity contribution is -0.119. The summed E-state index contributed by atoms with van der Waals surface area (Å²) in [6, 6.07) is 10.1. The van der Waals surface area contributed by atoms with Gasteiger partial charge in [0.1, 0.15) is 5.82 Å². The fraction of sp³-hybridized carbons (Fsp3) is 0.471. The number of carbonyl (C=O) groups excluding carboxylic acids is 1. The Balaban J connectivity index is 1.54. The second kappa shape index (κ2) is 7.17. The Morgan fingerprint density at radius 1 is 1.35 bits per heavy atom. The summed E-state index contributed by atoms with van der Waals surface area (Å²) in [5.41, 5.74) is 1.13. The minimum atomic E-state index is 0.00956. The lowest BCUT2D eigenvalue weighted by Gasteiger charge is -2.22. The quantitative estimate of drug-likeness (QED) is 0.764. The van der Waals surface area contributed by atoms with Crippen LogP contribution in [0.3, 0.4) is 0 Å². The zero-order valence-electron chi connectivity index (χ0n) is 13.5. The second-order valence-corrected chi connectivity index (χ2v) is 7.21. The summed E-state index contributed by atoms with van der Waals surface area (Å²) in [6.07, 6.45) is 2.37. The van der Waals surface area contributed by atoms with Crippen molar-refractivity contribution < 1.29 is 4.79 Å². The smallest absolute Gasteiger partial charge is 0.230 e. The lowest BCUT2D eigenvalue weighted by Crippen LogP contribution is -2.32. The zero-order valence-corrected chi connectivity index (χ0v) is 14.3. The summed E-state index contributed by atoms with van der Waals surface area (Å²) >= 11 is 1.38. The first-order valence-corrected chi connectivity index (χ1v) is 9.01. The van der Waals surface area contributed by atoms with E-state index in [0.29, 0.717) is 22.7 Å². The number of hydrogen-bond donors (Lipinski definition) is 2. The predicted octanol–water partition coefficient (Wildman–Crippen LogP) is 3.29. The van der Waals surface area contributed by atoms with Crippen molar-refractivity contribution >= 4 is 17.7 Å². The van der Waals surface area contributed by atoms with E-state index in [2.05, 4.69) is 46.5 Å². The summed E-state index contributed by atoms with van der Waals surface area (Å²) < 4.78 is 0. The van der Waals surface area contributed by atoms with Crippen LogP contribution in [0, 0.1) is 5.92 Å². The fourth-order valence-corrected chi connectivity index (χ4v) is 3.12. The number of amides is 1. The first-order valence-electron chi connectivity index (χ1n) is 8.03. The number of hydrogen-bond acceptors (Lipinski definition) is 4. The normalized spacial score (nSPS) is 15.6. The van der Waals surface area contributed by atoms with Gasteiger partial charge in [0.15, 0.2) is 0 Å². The molecule has 1 amide bonds. The minimum absolute atomic E-state index is 0.00956. The molecule has 1 saturated carbocycles. The molecule has 0 bridgehead atoms. The van der Waals surface area contributed by atoms with Gasteiger partial charge in [-0.05, 0) is 24.3 Å². The average molecular weight is 330 g/mol. The molecule has 1 aliphatic carbocycles. The summed E-state index contributed by atoms with van der Waals surface area (Å²) in [5, 5.41) is 10.9. The van der Waals surface area contributed by atoms with Gasteiger partial charge in [-0.2, -0.15) is 0 Å². The van der Waals surface area contributed by atoms with Crippen LogP contribution < -0.4 is 5.32 Å². The Morgan fingerprint density at radius 3 is 2.74 bits per heavy atom. The third-order valence-corrected chi connectivity index (χ3v) is 4.77. The topological polar surface area (TPSA) is 70.7 Å². The van der Waals surface area contributed by atoms with E-state index in [4.69, 9.17) is 0 Å². The molecule has 5 nitrogen and oxygen atoms in total. The first-order chi connectivity index (χ1) is 11.1. The highest BCUT2D eigenvalue weighted by Crippen LogP contribution is 2.38.